The third-order valence-electron chi connectivity index (χ3n) is 3.30. The number of nitrogens with zero attached hydrogens (tertiary/aromatic N) is 1. The molecule has 0 N–H and O–H groups in total. The van der Waals surface area contributed by atoms with Crippen LogP contribution in [0.4, 0.5) is 0 Å². The summed E-state index contributed by atoms with van der Waals surface area (Å²) in [5.41, 5.74) is 4.33. The van der Waals surface area contributed by atoms with E-state index in [-0.39, 0.29) is 0 Å². The zero-order valence-corrected chi connectivity index (χ0v) is 10.9. The van der Waals surface area contributed by atoms with Crippen molar-refractivity contribution in [2.45, 2.75) is 6.92 Å². The van der Waals surface area contributed by atoms with E-state index in [0.717, 1.165) is 22.4 Å². The number of allylic oxidation sites excluding steroid dienone is 1. The maximum absolute atomic E-state index is 4.46. The standard InChI is InChI=1S/C18H15N/c1-13(2)15-9-10-19-18(12-15)17-8-7-14-5-3-4-6-16(14)11-17/h3-12H,1H2,2H3. The summed E-state index contributed by atoms with van der Waals surface area (Å²) in [7, 11) is 0. The van der Waals surface area contributed by atoms with Crippen LogP contribution < -0.4 is 0 Å². The molecule has 0 radical (unpaired) electrons. The summed E-state index contributed by atoms with van der Waals surface area (Å²) in [5, 5.41) is 2.49. The van der Waals surface area contributed by atoms with Crippen molar-refractivity contribution in [3.8, 4) is 11.3 Å². The Balaban J connectivity index is 2.13. The zero-order chi connectivity index (χ0) is 13.2. The van der Waals surface area contributed by atoms with Gasteiger partial charge in [-0.2, -0.15) is 0 Å². The van der Waals surface area contributed by atoms with Gasteiger partial charge in [0, 0.05) is 11.8 Å². The van der Waals surface area contributed by atoms with Gasteiger partial charge in [0.2, 0.25) is 0 Å². The molecule has 0 atom stereocenters. The molecule has 3 aromatic rings. The van der Waals surface area contributed by atoms with E-state index in [9.17, 15) is 0 Å². The normalized spacial score (nSPS) is 10.6. The van der Waals surface area contributed by atoms with Crippen molar-refractivity contribution in [1.29, 1.82) is 0 Å². The first-order valence-corrected chi connectivity index (χ1v) is 6.35. The third-order valence-corrected chi connectivity index (χ3v) is 3.30. The highest BCUT2D eigenvalue weighted by Gasteiger charge is 2.02. The van der Waals surface area contributed by atoms with Crippen LogP contribution >= 0.6 is 0 Å². The highest BCUT2D eigenvalue weighted by Crippen LogP contribution is 2.24. The molecule has 3 rings (SSSR count). The molecule has 19 heavy (non-hydrogen) atoms. The molecule has 0 fully saturated rings. The van der Waals surface area contributed by atoms with E-state index in [4.69, 9.17) is 0 Å². The van der Waals surface area contributed by atoms with Gasteiger partial charge in [-0.3, -0.25) is 4.98 Å². The van der Waals surface area contributed by atoms with Crippen molar-refractivity contribution < 1.29 is 0 Å². The van der Waals surface area contributed by atoms with E-state index >= 15 is 0 Å². The Hall–Kier alpha value is -2.41. The molecule has 0 saturated heterocycles. The minimum atomic E-state index is 0.992. The van der Waals surface area contributed by atoms with Gasteiger partial charge in [0.05, 0.1) is 5.69 Å². The van der Waals surface area contributed by atoms with Gasteiger partial charge in [0.1, 0.15) is 0 Å². The molecule has 92 valence electrons. The lowest BCUT2D eigenvalue weighted by Gasteiger charge is -2.06. The summed E-state index contributed by atoms with van der Waals surface area (Å²) in [6.07, 6.45) is 1.84. The molecule has 1 heteroatoms. The first kappa shape index (κ1) is 11.7. The van der Waals surface area contributed by atoms with Crippen LogP contribution in [0.3, 0.4) is 0 Å². The fourth-order valence-corrected chi connectivity index (χ4v) is 2.20. The molecule has 2 aromatic carbocycles. The van der Waals surface area contributed by atoms with Gasteiger partial charge in [-0.1, -0.05) is 48.6 Å². The van der Waals surface area contributed by atoms with Crippen LogP contribution in [0.5, 0.6) is 0 Å². The van der Waals surface area contributed by atoms with Crippen LogP contribution in [0.25, 0.3) is 27.6 Å². The molecule has 1 nitrogen and oxygen atoms in total. The van der Waals surface area contributed by atoms with Crippen molar-refractivity contribution in [2.75, 3.05) is 0 Å². The Morgan fingerprint density at radius 2 is 1.74 bits per heavy atom. The smallest absolute Gasteiger partial charge is 0.0708 e. The summed E-state index contributed by atoms with van der Waals surface area (Å²) >= 11 is 0. The largest absolute Gasteiger partial charge is 0.256 e. The summed E-state index contributed by atoms with van der Waals surface area (Å²) in [4.78, 5) is 4.46. The molecule has 0 aliphatic rings. The molecule has 0 unspecified atom stereocenters. The number of hydrogen-bond acceptors (Lipinski definition) is 1. The predicted octanol–water partition coefficient (Wildman–Crippen LogP) is 4.93. The number of pyridine rings is 1. The SMILES string of the molecule is C=C(C)c1ccnc(-c2ccc3ccccc3c2)c1. The van der Waals surface area contributed by atoms with Gasteiger partial charge in [0.15, 0.2) is 0 Å². The second-order valence-corrected chi connectivity index (χ2v) is 4.77. The Bertz CT molecular complexity index is 756. The van der Waals surface area contributed by atoms with Crippen molar-refractivity contribution in [2.24, 2.45) is 0 Å². The van der Waals surface area contributed by atoms with Crippen molar-refractivity contribution in [3.63, 3.8) is 0 Å². The molecule has 1 heterocycles. The highest BCUT2D eigenvalue weighted by atomic mass is 14.7. The summed E-state index contributed by atoms with van der Waals surface area (Å²) in [5.74, 6) is 0. The maximum atomic E-state index is 4.46. The van der Waals surface area contributed by atoms with Gasteiger partial charge in [-0.15, -0.1) is 0 Å². The Morgan fingerprint density at radius 1 is 0.947 bits per heavy atom. The monoisotopic (exact) mass is 245 g/mol. The summed E-state index contributed by atoms with van der Waals surface area (Å²) < 4.78 is 0. The first-order chi connectivity index (χ1) is 9.24. The van der Waals surface area contributed by atoms with Crippen LogP contribution in [0.1, 0.15) is 12.5 Å². The zero-order valence-electron chi connectivity index (χ0n) is 10.9. The van der Waals surface area contributed by atoms with E-state index in [2.05, 4.69) is 60.1 Å². The van der Waals surface area contributed by atoms with Crippen LogP contribution in [-0.4, -0.2) is 4.98 Å². The van der Waals surface area contributed by atoms with Crippen molar-refractivity contribution in [1.82, 2.24) is 4.98 Å². The van der Waals surface area contributed by atoms with Gasteiger partial charge >= 0.3 is 0 Å². The molecular formula is C18H15N. The number of rotatable bonds is 2. The quantitative estimate of drug-likeness (QED) is 0.623. The van der Waals surface area contributed by atoms with E-state index in [1.54, 1.807) is 0 Å². The summed E-state index contributed by atoms with van der Waals surface area (Å²) in [6.45, 7) is 6.00. The maximum Gasteiger partial charge on any atom is 0.0708 e. The van der Waals surface area contributed by atoms with Crippen LogP contribution in [0, 0.1) is 0 Å². The van der Waals surface area contributed by atoms with E-state index in [1.807, 2.05) is 19.2 Å². The van der Waals surface area contributed by atoms with Crippen molar-refractivity contribution >= 4 is 16.3 Å². The Labute approximate surface area is 113 Å². The second-order valence-electron chi connectivity index (χ2n) is 4.77. The van der Waals surface area contributed by atoms with E-state index in [0.29, 0.717) is 0 Å². The molecular weight excluding hydrogens is 230 g/mol. The predicted molar refractivity (Wildman–Crippen MR) is 81.9 cm³/mol. The fourth-order valence-electron chi connectivity index (χ4n) is 2.20. The summed E-state index contributed by atoms with van der Waals surface area (Å²) in [6, 6.07) is 18.9. The van der Waals surface area contributed by atoms with E-state index < -0.39 is 0 Å². The van der Waals surface area contributed by atoms with Crippen LogP contribution in [0.2, 0.25) is 0 Å². The molecule has 0 aliphatic carbocycles. The lowest BCUT2D eigenvalue weighted by atomic mass is 10.0. The highest BCUT2D eigenvalue weighted by molar-refractivity contribution is 5.87. The molecule has 0 bridgehead atoms. The number of fused-ring (bicyclic) bond motifs is 1. The fraction of sp³-hybridized carbons (Fsp3) is 0.0556. The average Bonchev–Trinajstić information content (AvgIpc) is 2.47. The number of benzene rings is 2. The topological polar surface area (TPSA) is 12.9 Å². The Morgan fingerprint density at radius 3 is 2.53 bits per heavy atom. The molecule has 0 aliphatic heterocycles. The molecule has 1 aromatic heterocycles. The Kier molecular flexibility index (Phi) is 2.88. The van der Waals surface area contributed by atoms with Crippen LogP contribution in [-0.2, 0) is 0 Å². The second kappa shape index (κ2) is 4.69. The van der Waals surface area contributed by atoms with Crippen LogP contribution in [0.15, 0.2) is 67.4 Å². The molecule has 0 spiro atoms. The van der Waals surface area contributed by atoms with Gasteiger partial charge in [-0.05, 0) is 41.5 Å². The number of hydrogen-bond donors (Lipinski definition) is 0. The third kappa shape index (κ3) is 2.27. The minimum Gasteiger partial charge on any atom is -0.256 e. The lowest BCUT2D eigenvalue weighted by molar-refractivity contribution is 1.31. The van der Waals surface area contributed by atoms with Crippen molar-refractivity contribution in [3.05, 3.63) is 72.9 Å². The van der Waals surface area contributed by atoms with Gasteiger partial charge < -0.3 is 0 Å². The first-order valence-electron chi connectivity index (χ1n) is 6.35. The minimum absolute atomic E-state index is 0.992. The molecule has 0 saturated carbocycles. The number of aromatic nitrogens is 1. The lowest BCUT2D eigenvalue weighted by Crippen LogP contribution is -1.86. The van der Waals surface area contributed by atoms with Gasteiger partial charge in [0.25, 0.3) is 0 Å². The molecule has 0 amide bonds. The average molecular weight is 245 g/mol. The van der Waals surface area contributed by atoms with E-state index in [1.165, 1.54) is 10.8 Å². The van der Waals surface area contributed by atoms with Gasteiger partial charge in [-0.25, -0.2) is 0 Å².